The molecular formula is C21H19N3O2S. The number of methoxy groups -OCH3 is 1. The van der Waals surface area contributed by atoms with E-state index in [4.69, 9.17) is 4.74 Å². The summed E-state index contributed by atoms with van der Waals surface area (Å²) in [4.78, 5) is 16.6. The van der Waals surface area contributed by atoms with E-state index in [1.165, 1.54) is 0 Å². The lowest BCUT2D eigenvalue weighted by molar-refractivity contribution is 0.240. The second-order valence-corrected chi connectivity index (χ2v) is 7.27. The summed E-state index contributed by atoms with van der Waals surface area (Å²) in [6, 6.07) is 19.8. The van der Waals surface area contributed by atoms with Crippen molar-refractivity contribution in [3.05, 3.63) is 71.2 Å². The number of rotatable bonds is 5. The smallest absolute Gasteiger partial charge is 0.315 e. The Morgan fingerprint density at radius 3 is 2.63 bits per heavy atom. The largest absolute Gasteiger partial charge is 0.497 e. The summed E-state index contributed by atoms with van der Waals surface area (Å²) in [6.07, 6.45) is 0. The lowest BCUT2D eigenvalue weighted by Crippen LogP contribution is -2.34. The Kier molecular flexibility index (Phi) is 4.89. The molecule has 0 aliphatic heterocycles. The number of carbonyl (C=O) groups is 1. The van der Waals surface area contributed by atoms with E-state index in [0.717, 1.165) is 37.3 Å². The minimum atomic E-state index is -0.205. The number of fused-ring (bicyclic) bond motifs is 2. The van der Waals surface area contributed by atoms with E-state index < -0.39 is 0 Å². The Labute approximate surface area is 161 Å². The molecule has 4 aromatic rings. The Hall–Kier alpha value is -3.12. The van der Waals surface area contributed by atoms with E-state index in [-0.39, 0.29) is 6.03 Å². The van der Waals surface area contributed by atoms with Crippen molar-refractivity contribution in [3.63, 3.8) is 0 Å². The molecule has 1 heterocycles. The van der Waals surface area contributed by atoms with Crippen molar-refractivity contribution in [3.8, 4) is 5.75 Å². The highest BCUT2D eigenvalue weighted by molar-refractivity contribution is 7.18. The van der Waals surface area contributed by atoms with Crippen molar-refractivity contribution in [1.29, 1.82) is 0 Å². The fourth-order valence-electron chi connectivity index (χ4n) is 2.91. The highest BCUT2D eigenvalue weighted by Crippen LogP contribution is 2.22. The van der Waals surface area contributed by atoms with Crippen LogP contribution in [0.4, 0.5) is 4.79 Å². The van der Waals surface area contributed by atoms with Crippen LogP contribution in [0.25, 0.3) is 21.0 Å². The Morgan fingerprint density at radius 1 is 1.00 bits per heavy atom. The molecule has 0 spiro atoms. The van der Waals surface area contributed by atoms with Crippen LogP contribution in [0.5, 0.6) is 5.75 Å². The first-order chi connectivity index (χ1) is 13.2. The van der Waals surface area contributed by atoms with Crippen molar-refractivity contribution in [1.82, 2.24) is 15.6 Å². The fourth-order valence-corrected chi connectivity index (χ4v) is 3.81. The number of hydrogen-bond acceptors (Lipinski definition) is 4. The highest BCUT2D eigenvalue weighted by atomic mass is 32.1. The Morgan fingerprint density at radius 2 is 1.78 bits per heavy atom. The molecule has 6 heteroatoms. The van der Waals surface area contributed by atoms with Crippen LogP contribution in [-0.2, 0) is 13.1 Å². The van der Waals surface area contributed by atoms with E-state index in [9.17, 15) is 4.79 Å². The van der Waals surface area contributed by atoms with Gasteiger partial charge >= 0.3 is 6.03 Å². The molecule has 0 aliphatic carbocycles. The zero-order chi connectivity index (χ0) is 18.6. The topological polar surface area (TPSA) is 63.2 Å². The first-order valence-electron chi connectivity index (χ1n) is 8.64. The number of benzene rings is 3. The SMILES string of the molecule is COc1ccc2cc(CNC(=O)NCc3nc4ccccc4s3)ccc2c1. The maximum absolute atomic E-state index is 12.1. The third-order valence-corrected chi connectivity index (χ3v) is 5.34. The third kappa shape index (κ3) is 4.01. The van der Waals surface area contributed by atoms with Crippen LogP contribution < -0.4 is 15.4 Å². The lowest BCUT2D eigenvalue weighted by atomic mass is 10.1. The van der Waals surface area contributed by atoms with Gasteiger partial charge in [-0.05, 0) is 46.7 Å². The second-order valence-electron chi connectivity index (χ2n) is 6.16. The van der Waals surface area contributed by atoms with Crippen LogP contribution in [0.15, 0.2) is 60.7 Å². The summed E-state index contributed by atoms with van der Waals surface area (Å²) in [5.41, 5.74) is 2.01. The van der Waals surface area contributed by atoms with E-state index >= 15 is 0 Å². The molecule has 2 N–H and O–H groups in total. The molecule has 5 nitrogen and oxygen atoms in total. The molecule has 0 radical (unpaired) electrons. The number of ether oxygens (including phenoxy) is 1. The van der Waals surface area contributed by atoms with Crippen molar-refractivity contribution >= 4 is 38.4 Å². The quantitative estimate of drug-likeness (QED) is 0.540. The van der Waals surface area contributed by atoms with Gasteiger partial charge in [-0.2, -0.15) is 0 Å². The van der Waals surface area contributed by atoms with Gasteiger partial charge < -0.3 is 15.4 Å². The molecule has 0 saturated carbocycles. The van der Waals surface area contributed by atoms with Crippen LogP contribution >= 0.6 is 11.3 Å². The number of aromatic nitrogens is 1. The predicted octanol–water partition coefficient (Wildman–Crippen LogP) is 4.46. The normalized spacial score (nSPS) is 10.9. The van der Waals surface area contributed by atoms with E-state index in [1.807, 2.05) is 54.6 Å². The number of nitrogens with one attached hydrogen (secondary N) is 2. The fraction of sp³-hybridized carbons (Fsp3) is 0.143. The van der Waals surface area contributed by atoms with Gasteiger partial charge in [-0.3, -0.25) is 0 Å². The van der Waals surface area contributed by atoms with E-state index in [1.54, 1.807) is 18.4 Å². The minimum Gasteiger partial charge on any atom is -0.497 e. The van der Waals surface area contributed by atoms with E-state index in [2.05, 4.69) is 21.7 Å². The average Bonchev–Trinajstić information content (AvgIpc) is 3.13. The molecule has 1 aromatic heterocycles. The number of nitrogens with zero attached hydrogens (tertiary/aromatic N) is 1. The molecular weight excluding hydrogens is 358 g/mol. The van der Waals surface area contributed by atoms with Crippen molar-refractivity contribution in [2.45, 2.75) is 13.1 Å². The molecule has 0 fully saturated rings. The summed E-state index contributed by atoms with van der Waals surface area (Å²) in [6.45, 7) is 0.885. The lowest BCUT2D eigenvalue weighted by Gasteiger charge is -2.08. The molecule has 0 atom stereocenters. The van der Waals surface area contributed by atoms with Crippen LogP contribution in [0, 0.1) is 0 Å². The zero-order valence-corrected chi connectivity index (χ0v) is 15.7. The van der Waals surface area contributed by atoms with Gasteiger partial charge in [0.25, 0.3) is 0 Å². The first kappa shape index (κ1) is 17.3. The van der Waals surface area contributed by atoms with Crippen molar-refractivity contribution < 1.29 is 9.53 Å². The molecule has 0 aliphatic rings. The summed E-state index contributed by atoms with van der Waals surface area (Å²) >= 11 is 1.59. The molecule has 3 aromatic carbocycles. The number of amides is 2. The van der Waals surface area contributed by atoms with Gasteiger partial charge in [-0.25, -0.2) is 9.78 Å². The van der Waals surface area contributed by atoms with Crippen LogP contribution in [0.3, 0.4) is 0 Å². The van der Waals surface area contributed by atoms with Gasteiger partial charge in [0.1, 0.15) is 10.8 Å². The first-order valence-corrected chi connectivity index (χ1v) is 9.46. The summed E-state index contributed by atoms with van der Waals surface area (Å²) in [5, 5.41) is 8.88. The maximum Gasteiger partial charge on any atom is 0.315 e. The monoisotopic (exact) mass is 377 g/mol. The van der Waals surface area contributed by atoms with Gasteiger partial charge in [-0.15, -0.1) is 11.3 Å². The summed E-state index contributed by atoms with van der Waals surface area (Å²) in [7, 11) is 1.66. The van der Waals surface area contributed by atoms with Gasteiger partial charge in [0.15, 0.2) is 0 Å². The summed E-state index contributed by atoms with van der Waals surface area (Å²) in [5.74, 6) is 0.836. The molecule has 0 saturated heterocycles. The number of hydrogen-bond donors (Lipinski definition) is 2. The molecule has 0 bridgehead atoms. The molecule has 136 valence electrons. The van der Waals surface area contributed by atoms with Crippen molar-refractivity contribution in [2.24, 2.45) is 0 Å². The minimum absolute atomic E-state index is 0.205. The standard InChI is InChI=1S/C21H19N3O2S/c1-26-17-9-8-15-10-14(6-7-16(15)11-17)12-22-21(25)23-13-20-24-18-4-2-3-5-19(18)27-20/h2-11H,12-13H2,1H3,(H2,22,23,25). The molecule has 0 unspecified atom stereocenters. The van der Waals surface area contributed by atoms with Crippen molar-refractivity contribution in [2.75, 3.05) is 7.11 Å². The summed E-state index contributed by atoms with van der Waals surface area (Å²) < 4.78 is 6.37. The van der Waals surface area contributed by atoms with Crippen LogP contribution in [-0.4, -0.2) is 18.1 Å². The van der Waals surface area contributed by atoms with Crippen LogP contribution in [0.2, 0.25) is 0 Å². The predicted molar refractivity (Wildman–Crippen MR) is 109 cm³/mol. The zero-order valence-electron chi connectivity index (χ0n) is 14.9. The number of thiazole rings is 1. The van der Waals surface area contributed by atoms with E-state index in [0.29, 0.717) is 13.1 Å². The highest BCUT2D eigenvalue weighted by Gasteiger charge is 2.06. The van der Waals surface area contributed by atoms with Crippen LogP contribution in [0.1, 0.15) is 10.6 Å². The van der Waals surface area contributed by atoms with Gasteiger partial charge in [0, 0.05) is 6.54 Å². The van der Waals surface area contributed by atoms with Gasteiger partial charge in [-0.1, -0.05) is 30.3 Å². The Balaban J connectivity index is 1.33. The molecule has 2 amide bonds. The molecule has 27 heavy (non-hydrogen) atoms. The van der Waals surface area contributed by atoms with Gasteiger partial charge in [0.2, 0.25) is 0 Å². The average molecular weight is 377 g/mol. The maximum atomic E-state index is 12.1. The van der Waals surface area contributed by atoms with Gasteiger partial charge in [0.05, 0.1) is 23.9 Å². The number of para-hydroxylation sites is 1. The second kappa shape index (κ2) is 7.63. The third-order valence-electron chi connectivity index (χ3n) is 4.30. The number of urea groups is 1. The number of carbonyl (C=O) groups excluding carboxylic acids is 1. The Bertz CT molecular complexity index is 1070. The molecule has 4 rings (SSSR count).